The van der Waals surface area contributed by atoms with Crippen LogP contribution in [0.15, 0.2) is 42.5 Å². The van der Waals surface area contributed by atoms with E-state index in [1.54, 1.807) is 42.5 Å². The van der Waals surface area contributed by atoms with Crippen molar-refractivity contribution in [3.8, 4) is 17.2 Å². The van der Waals surface area contributed by atoms with E-state index < -0.39 is 5.97 Å². The standard InChI is InChI=1S/C22H24O7/c1-25-20-10-7-16(12-21(20)26-2)19(23)14-29-22(24)15-5-8-17(9-6-15)28-13-18-4-3-11-27-18/h5-10,12,18H,3-4,11,13-14H2,1-2H3. The molecule has 7 nitrogen and oxygen atoms in total. The first kappa shape index (κ1) is 20.7. The molecule has 1 saturated heterocycles. The molecule has 0 aliphatic carbocycles. The molecule has 0 amide bonds. The van der Waals surface area contributed by atoms with Crippen molar-refractivity contribution in [3.63, 3.8) is 0 Å². The molecule has 154 valence electrons. The van der Waals surface area contributed by atoms with E-state index in [9.17, 15) is 9.59 Å². The van der Waals surface area contributed by atoms with Crippen molar-refractivity contribution in [2.75, 3.05) is 34.0 Å². The molecule has 1 aliphatic heterocycles. The van der Waals surface area contributed by atoms with Gasteiger partial charge in [0.15, 0.2) is 23.9 Å². The molecule has 2 aromatic rings. The number of hydrogen-bond donors (Lipinski definition) is 0. The summed E-state index contributed by atoms with van der Waals surface area (Å²) in [6, 6.07) is 11.4. The zero-order valence-corrected chi connectivity index (χ0v) is 16.5. The smallest absolute Gasteiger partial charge is 0.338 e. The van der Waals surface area contributed by atoms with Gasteiger partial charge in [-0.15, -0.1) is 0 Å². The second-order valence-electron chi connectivity index (χ2n) is 6.54. The highest BCUT2D eigenvalue weighted by atomic mass is 16.5. The third-order valence-electron chi connectivity index (χ3n) is 4.59. The summed E-state index contributed by atoms with van der Waals surface area (Å²) in [5.74, 6) is 0.685. The molecule has 7 heteroatoms. The fourth-order valence-electron chi connectivity index (χ4n) is 2.96. The Balaban J connectivity index is 1.51. The van der Waals surface area contributed by atoms with E-state index in [1.165, 1.54) is 14.2 Å². The Morgan fingerprint density at radius 3 is 2.38 bits per heavy atom. The summed E-state index contributed by atoms with van der Waals surface area (Å²) in [6.07, 6.45) is 2.18. The maximum atomic E-state index is 12.3. The fourth-order valence-corrected chi connectivity index (χ4v) is 2.96. The number of ketones is 1. The lowest BCUT2D eigenvalue weighted by Crippen LogP contribution is -2.16. The third kappa shape index (κ3) is 5.48. The summed E-state index contributed by atoms with van der Waals surface area (Å²) >= 11 is 0. The van der Waals surface area contributed by atoms with Crippen molar-refractivity contribution < 1.29 is 33.3 Å². The SMILES string of the molecule is COc1ccc(C(=O)COC(=O)c2ccc(OCC3CCCO3)cc2)cc1OC. The van der Waals surface area contributed by atoms with E-state index in [0.29, 0.717) is 35.0 Å². The van der Waals surface area contributed by atoms with Crippen molar-refractivity contribution in [2.24, 2.45) is 0 Å². The van der Waals surface area contributed by atoms with Gasteiger partial charge in [-0.05, 0) is 55.3 Å². The van der Waals surface area contributed by atoms with Crippen molar-refractivity contribution in [2.45, 2.75) is 18.9 Å². The van der Waals surface area contributed by atoms with Crippen LogP contribution in [0.5, 0.6) is 17.2 Å². The van der Waals surface area contributed by atoms with Crippen LogP contribution in [0.2, 0.25) is 0 Å². The summed E-state index contributed by atoms with van der Waals surface area (Å²) in [7, 11) is 3.00. The summed E-state index contributed by atoms with van der Waals surface area (Å²) in [5.41, 5.74) is 0.711. The van der Waals surface area contributed by atoms with Gasteiger partial charge in [0, 0.05) is 12.2 Å². The Morgan fingerprint density at radius 2 is 1.72 bits per heavy atom. The van der Waals surface area contributed by atoms with Crippen LogP contribution in [0.4, 0.5) is 0 Å². The first-order valence-electron chi connectivity index (χ1n) is 9.37. The Bertz CT molecular complexity index is 839. The molecule has 0 saturated carbocycles. The number of rotatable bonds is 9. The predicted octanol–water partition coefficient (Wildman–Crippen LogP) is 3.30. The van der Waals surface area contributed by atoms with E-state index >= 15 is 0 Å². The van der Waals surface area contributed by atoms with Crippen molar-refractivity contribution in [1.29, 1.82) is 0 Å². The molecule has 1 heterocycles. The Kier molecular flexibility index (Phi) is 7.08. The number of benzene rings is 2. The molecule has 0 spiro atoms. The summed E-state index contributed by atoms with van der Waals surface area (Å²) in [5, 5.41) is 0. The minimum Gasteiger partial charge on any atom is -0.493 e. The molecular formula is C22H24O7. The number of carbonyl (C=O) groups is 2. The molecule has 3 rings (SSSR count). The number of Topliss-reactive ketones (excluding diaryl/α,β-unsaturated/α-hetero) is 1. The van der Waals surface area contributed by atoms with E-state index in [2.05, 4.69) is 0 Å². The van der Waals surface area contributed by atoms with Gasteiger partial charge in [0.2, 0.25) is 0 Å². The van der Waals surface area contributed by atoms with Crippen LogP contribution in [0.3, 0.4) is 0 Å². The highest BCUT2D eigenvalue weighted by Gasteiger charge is 2.17. The van der Waals surface area contributed by atoms with Crippen molar-refractivity contribution >= 4 is 11.8 Å². The summed E-state index contributed by atoms with van der Waals surface area (Å²) in [6.45, 7) is 0.899. The van der Waals surface area contributed by atoms with Gasteiger partial charge in [-0.2, -0.15) is 0 Å². The molecule has 1 fully saturated rings. The summed E-state index contributed by atoms with van der Waals surface area (Å²) in [4.78, 5) is 24.5. The zero-order chi connectivity index (χ0) is 20.6. The Labute approximate surface area is 169 Å². The molecule has 1 aliphatic rings. The second-order valence-corrected chi connectivity index (χ2v) is 6.54. The van der Waals surface area contributed by atoms with Crippen LogP contribution in [0.25, 0.3) is 0 Å². The van der Waals surface area contributed by atoms with Gasteiger partial charge in [0.05, 0.1) is 25.9 Å². The number of carbonyl (C=O) groups excluding carboxylic acids is 2. The maximum absolute atomic E-state index is 12.3. The fraction of sp³-hybridized carbons (Fsp3) is 0.364. The zero-order valence-electron chi connectivity index (χ0n) is 16.5. The van der Waals surface area contributed by atoms with E-state index in [4.69, 9.17) is 23.7 Å². The van der Waals surface area contributed by atoms with Crippen LogP contribution >= 0.6 is 0 Å². The molecule has 0 N–H and O–H groups in total. The topological polar surface area (TPSA) is 80.3 Å². The van der Waals surface area contributed by atoms with Crippen molar-refractivity contribution in [3.05, 3.63) is 53.6 Å². The minimum atomic E-state index is -0.579. The first-order valence-corrected chi connectivity index (χ1v) is 9.37. The minimum absolute atomic E-state index is 0.127. The predicted molar refractivity (Wildman–Crippen MR) is 105 cm³/mol. The highest BCUT2D eigenvalue weighted by molar-refractivity contribution is 5.99. The Hall–Kier alpha value is -3.06. The van der Waals surface area contributed by atoms with Gasteiger partial charge in [-0.1, -0.05) is 0 Å². The van der Waals surface area contributed by atoms with Gasteiger partial charge >= 0.3 is 5.97 Å². The molecule has 0 aromatic heterocycles. The van der Waals surface area contributed by atoms with E-state index in [-0.39, 0.29) is 18.5 Å². The van der Waals surface area contributed by atoms with Crippen LogP contribution < -0.4 is 14.2 Å². The average Bonchev–Trinajstić information content (AvgIpc) is 3.29. The third-order valence-corrected chi connectivity index (χ3v) is 4.59. The van der Waals surface area contributed by atoms with Gasteiger partial charge in [-0.25, -0.2) is 4.79 Å². The molecule has 29 heavy (non-hydrogen) atoms. The largest absolute Gasteiger partial charge is 0.493 e. The van der Waals surface area contributed by atoms with Crippen LogP contribution in [0, 0.1) is 0 Å². The van der Waals surface area contributed by atoms with Crippen molar-refractivity contribution in [1.82, 2.24) is 0 Å². The lowest BCUT2D eigenvalue weighted by Gasteiger charge is -2.12. The Morgan fingerprint density at radius 1 is 1.00 bits per heavy atom. The first-order chi connectivity index (χ1) is 14.1. The molecular weight excluding hydrogens is 376 g/mol. The van der Waals surface area contributed by atoms with Gasteiger partial charge in [0.1, 0.15) is 12.4 Å². The molecule has 2 aromatic carbocycles. The van der Waals surface area contributed by atoms with Crippen LogP contribution in [-0.2, 0) is 9.47 Å². The number of hydrogen-bond acceptors (Lipinski definition) is 7. The van der Waals surface area contributed by atoms with Crippen LogP contribution in [0.1, 0.15) is 33.6 Å². The molecule has 1 unspecified atom stereocenters. The quantitative estimate of drug-likeness (QED) is 0.472. The summed E-state index contributed by atoms with van der Waals surface area (Å²) < 4.78 is 26.6. The molecule has 0 radical (unpaired) electrons. The van der Waals surface area contributed by atoms with Gasteiger partial charge in [-0.3, -0.25) is 4.79 Å². The monoisotopic (exact) mass is 400 g/mol. The number of methoxy groups -OCH3 is 2. The lowest BCUT2D eigenvalue weighted by atomic mass is 10.1. The van der Waals surface area contributed by atoms with Gasteiger partial charge < -0.3 is 23.7 Å². The lowest BCUT2D eigenvalue weighted by molar-refractivity contribution is 0.0474. The average molecular weight is 400 g/mol. The van der Waals surface area contributed by atoms with Crippen LogP contribution in [-0.4, -0.2) is 51.9 Å². The number of ether oxygens (including phenoxy) is 5. The van der Waals surface area contributed by atoms with Gasteiger partial charge in [0.25, 0.3) is 0 Å². The number of esters is 1. The normalized spacial score (nSPS) is 15.6. The highest BCUT2D eigenvalue weighted by Crippen LogP contribution is 2.27. The van der Waals surface area contributed by atoms with E-state index in [0.717, 1.165) is 19.4 Å². The molecule has 0 bridgehead atoms. The second kappa shape index (κ2) is 9.93. The molecule has 1 atom stereocenters. The maximum Gasteiger partial charge on any atom is 0.338 e. The van der Waals surface area contributed by atoms with E-state index in [1.807, 2.05) is 0 Å².